The number of fused-ring (bicyclic) bond motifs is 1. The van der Waals surface area contributed by atoms with Crippen LogP contribution >= 0.6 is 0 Å². The number of aromatic nitrogens is 2. The number of carbonyl (C=O) groups excluding carboxylic acids is 2. The molecule has 0 spiro atoms. The number of hydrazine groups is 1. The standard InChI is InChI=1S/C20H21N5O5S/c1-25(2)31(29,30)14-7-5-6-13(12-14)19(27)24-23-18(26)11-10-17-21-16-9-4-3-8-15(16)20(28)22-17/h3-9,12H,10-11H2,1-2H3,(H,23,26)(H,24,27)(H,21,22,28). The Bertz CT molecular complexity index is 1300. The second-order valence-corrected chi connectivity index (χ2v) is 9.00. The molecule has 2 amide bonds. The Morgan fingerprint density at radius 2 is 1.81 bits per heavy atom. The van der Waals surface area contributed by atoms with Gasteiger partial charge in [0.05, 0.1) is 15.8 Å². The van der Waals surface area contributed by atoms with Gasteiger partial charge in [-0.3, -0.25) is 25.2 Å². The zero-order valence-electron chi connectivity index (χ0n) is 16.9. The van der Waals surface area contributed by atoms with Gasteiger partial charge in [-0.2, -0.15) is 0 Å². The smallest absolute Gasteiger partial charge is 0.269 e. The minimum absolute atomic E-state index is 0.0311. The molecule has 11 heteroatoms. The van der Waals surface area contributed by atoms with E-state index in [9.17, 15) is 22.8 Å². The van der Waals surface area contributed by atoms with E-state index in [1.54, 1.807) is 24.3 Å². The first-order chi connectivity index (χ1) is 14.7. The first-order valence-corrected chi connectivity index (χ1v) is 10.7. The average molecular weight is 443 g/mol. The summed E-state index contributed by atoms with van der Waals surface area (Å²) in [7, 11) is -0.915. The van der Waals surface area contributed by atoms with E-state index in [1.165, 1.54) is 38.4 Å². The highest BCUT2D eigenvalue weighted by molar-refractivity contribution is 7.89. The number of amides is 2. The summed E-state index contributed by atoms with van der Waals surface area (Å²) in [5.41, 5.74) is 4.82. The van der Waals surface area contributed by atoms with Crippen LogP contribution in [0.3, 0.4) is 0 Å². The fourth-order valence-electron chi connectivity index (χ4n) is 2.75. The van der Waals surface area contributed by atoms with E-state index >= 15 is 0 Å². The summed E-state index contributed by atoms with van der Waals surface area (Å²) >= 11 is 0. The fourth-order valence-corrected chi connectivity index (χ4v) is 3.70. The topological polar surface area (TPSA) is 141 Å². The molecule has 0 aliphatic carbocycles. The largest absolute Gasteiger partial charge is 0.310 e. The molecule has 1 heterocycles. The van der Waals surface area contributed by atoms with E-state index in [0.29, 0.717) is 16.7 Å². The van der Waals surface area contributed by atoms with Crippen LogP contribution in [0.5, 0.6) is 0 Å². The zero-order chi connectivity index (χ0) is 22.6. The van der Waals surface area contributed by atoms with Gasteiger partial charge in [-0.05, 0) is 30.3 Å². The number of aryl methyl sites for hydroxylation is 1. The number of aromatic amines is 1. The van der Waals surface area contributed by atoms with Gasteiger partial charge < -0.3 is 4.98 Å². The fraction of sp³-hybridized carbons (Fsp3) is 0.200. The molecule has 3 aromatic rings. The van der Waals surface area contributed by atoms with Crippen molar-refractivity contribution in [1.82, 2.24) is 25.1 Å². The Morgan fingerprint density at radius 3 is 2.55 bits per heavy atom. The third-order valence-electron chi connectivity index (χ3n) is 4.44. The van der Waals surface area contributed by atoms with E-state index in [0.717, 1.165) is 4.31 Å². The Balaban J connectivity index is 1.59. The lowest BCUT2D eigenvalue weighted by Gasteiger charge is -2.12. The Kier molecular flexibility index (Phi) is 6.47. The number of hydrogen-bond donors (Lipinski definition) is 3. The number of H-pyrrole nitrogens is 1. The summed E-state index contributed by atoms with van der Waals surface area (Å²) in [5, 5.41) is 0.460. The van der Waals surface area contributed by atoms with E-state index < -0.39 is 21.8 Å². The molecule has 0 saturated heterocycles. The molecule has 3 N–H and O–H groups in total. The van der Waals surface area contributed by atoms with Crippen molar-refractivity contribution < 1.29 is 18.0 Å². The van der Waals surface area contributed by atoms with Crippen molar-refractivity contribution >= 4 is 32.7 Å². The van der Waals surface area contributed by atoms with Gasteiger partial charge in [0.15, 0.2) is 0 Å². The summed E-state index contributed by atoms with van der Waals surface area (Å²) in [4.78, 5) is 43.3. The second-order valence-electron chi connectivity index (χ2n) is 6.85. The molecule has 1 aromatic heterocycles. The van der Waals surface area contributed by atoms with Gasteiger partial charge in [0.1, 0.15) is 5.82 Å². The lowest BCUT2D eigenvalue weighted by molar-refractivity contribution is -0.121. The van der Waals surface area contributed by atoms with Crippen LogP contribution in [0.2, 0.25) is 0 Å². The van der Waals surface area contributed by atoms with Gasteiger partial charge >= 0.3 is 0 Å². The summed E-state index contributed by atoms with van der Waals surface area (Å²) in [6.45, 7) is 0. The van der Waals surface area contributed by atoms with Crippen LogP contribution in [-0.2, 0) is 21.2 Å². The molecule has 0 aliphatic heterocycles. The van der Waals surface area contributed by atoms with Gasteiger partial charge in [-0.15, -0.1) is 0 Å². The highest BCUT2D eigenvalue weighted by atomic mass is 32.2. The molecule has 0 saturated carbocycles. The van der Waals surface area contributed by atoms with Crippen molar-refractivity contribution in [2.45, 2.75) is 17.7 Å². The molecule has 0 bridgehead atoms. The van der Waals surface area contributed by atoms with Crippen molar-refractivity contribution in [3.63, 3.8) is 0 Å². The quantitative estimate of drug-likeness (QED) is 0.476. The maximum atomic E-state index is 12.3. The van der Waals surface area contributed by atoms with Gasteiger partial charge in [0, 0.05) is 32.5 Å². The van der Waals surface area contributed by atoms with Gasteiger partial charge in [-0.1, -0.05) is 18.2 Å². The van der Waals surface area contributed by atoms with Crippen LogP contribution in [0.4, 0.5) is 0 Å². The number of sulfonamides is 1. The predicted molar refractivity (Wildman–Crippen MR) is 114 cm³/mol. The molecule has 2 aromatic carbocycles. The Hall–Kier alpha value is -3.57. The number of rotatable bonds is 6. The van der Waals surface area contributed by atoms with Crippen LogP contribution in [0.25, 0.3) is 10.9 Å². The van der Waals surface area contributed by atoms with E-state index in [4.69, 9.17) is 0 Å². The summed E-state index contributed by atoms with van der Waals surface area (Å²) < 4.78 is 25.4. The van der Waals surface area contributed by atoms with Crippen LogP contribution in [0, 0.1) is 0 Å². The maximum absolute atomic E-state index is 12.3. The number of para-hydroxylation sites is 1. The molecule has 10 nitrogen and oxygen atoms in total. The predicted octanol–water partition coefficient (Wildman–Crippen LogP) is 0.567. The molecule has 0 unspecified atom stereocenters. The number of nitrogens with zero attached hydrogens (tertiary/aromatic N) is 2. The van der Waals surface area contributed by atoms with Crippen LogP contribution in [0.1, 0.15) is 22.6 Å². The van der Waals surface area contributed by atoms with Crippen LogP contribution < -0.4 is 16.4 Å². The monoisotopic (exact) mass is 443 g/mol. The van der Waals surface area contributed by atoms with Crippen molar-refractivity contribution in [3.8, 4) is 0 Å². The summed E-state index contributed by atoms with van der Waals surface area (Å²) in [5.74, 6) is -0.811. The van der Waals surface area contributed by atoms with Gasteiger partial charge in [0.2, 0.25) is 15.9 Å². The first-order valence-electron chi connectivity index (χ1n) is 9.28. The average Bonchev–Trinajstić information content (AvgIpc) is 2.76. The number of nitrogens with one attached hydrogen (secondary N) is 3. The second kappa shape index (κ2) is 9.06. The van der Waals surface area contributed by atoms with Crippen molar-refractivity contribution in [3.05, 3.63) is 70.3 Å². The van der Waals surface area contributed by atoms with E-state index in [1.807, 2.05) is 0 Å². The molecule has 162 valence electrons. The maximum Gasteiger partial charge on any atom is 0.269 e. The highest BCUT2D eigenvalue weighted by Gasteiger charge is 2.19. The molecule has 0 radical (unpaired) electrons. The minimum atomic E-state index is -3.69. The summed E-state index contributed by atoms with van der Waals surface area (Å²) in [6.07, 6.45) is 0.134. The summed E-state index contributed by atoms with van der Waals surface area (Å²) in [6, 6.07) is 12.3. The molecule has 3 rings (SSSR count). The molecule has 31 heavy (non-hydrogen) atoms. The lowest BCUT2D eigenvalue weighted by Crippen LogP contribution is -2.41. The number of hydrogen-bond acceptors (Lipinski definition) is 6. The van der Waals surface area contributed by atoms with E-state index in [2.05, 4.69) is 20.8 Å². The number of carbonyl (C=O) groups is 2. The van der Waals surface area contributed by atoms with Gasteiger partial charge in [0.25, 0.3) is 11.5 Å². The zero-order valence-corrected chi connectivity index (χ0v) is 17.7. The minimum Gasteiger partial charge on any atom is -0.310 e. The molecule has 0 atom stereocenters. The lowest BCUT2D eigenvalue weighted by atomic mass is 10.2. The third kappa shape index (κ3) is 5.13. The molecular formula is C20H21N5O5S. The SMILES string of the molecule is CN(C)S(=O)(=O)c1cccc(C(=O)NNC(=O)CCc2nc3ccccc3c(=O)[nH]2)c1. The van der Waals surface area contributed by atoms with Crippen molar-refractivity contribution in [1.29, 1.82) is 0 Å². The Labute approximate surface area is 178 Å². The molecule has 0 aliphatic rings. The Morgan fingerprint density at radius 1 is 1.06 bits per heavy atom. The van der Waals surface area contributed by atoms with Gasteiger partial charge in [-0.25, -0.2) is 17.7 Å². The third-order valence-corrected chi connectivity index (χ3v) is 6.25. The normalized spacial score (nSPS) is 11.5. The molecule has 0 fully saturated rings. The van der Waals surface area contributed by atoms with Crippen molar-refractivity contribution in [2.24, 2.45) is 0 Å². The number of benzene rings is 2. The van der Waals surface area contributed by atoms with Crippen molar-refractivity contribution in [2.75, 3.05) is 14.1 Å². The first kappa shape index (κ1) is 22.1. The van der Waals surface area contributed by atoms with Crippen LogP contribution in [-0.4, -0.2) is 48.6 Å². The molecular weight excluding hydrogens is 422 g/mol. The van der Waals surface area contributed by atoms with Crippen LogP contribution in [0.15, 0.2) is 58.2 Å². The van der Waals surface area contributed by atoms with E-state index in [-0.39, 0.29) is 28.9 Å². The highest BCUT2D eigenvalue weighted by Crippen LogP contribution is 2.14.